The zero-order valence-electron chi connectivity index (χ0n) is 13.4. The van der Waals surface area contributed by atoms with E-state index in [2.05, 4.69) is 4.99 Å². The zero-order valence-corrected chi connectivity index (χ0v) is 14.2. The summed E-state index contributed by atoms with van der Waals surface area (Å²) in [6.07, 6.45) is 4.25. The van der Waals surface area contributed by atoms with Crippen LogP contribution in [0.25, 0.3) is 0 Å². The van der Waals surface area contributed by atoms with Crippen LogP contribution in [0.3, 0.4) is 0 Å². The SMILES string of the molecule is COC(O)C1(N(C)S(=O)(=O)c2cccc3c2N=CCC3)CCC1. The Bertz CT molecular complexity index is 726. The lowest BCUT2D eigenvalue weighted by Crippen LogP contribution is -2.61. The van der Waals surface area contributed by atoms with Crippen molar-refractivity contribution in [3.63, 3.8) is 0 Å². The molecule has 23 heavy (non-hydrogen) atoms. The molecule has 3 rings (SSSR count). The van der Waals surface area contributed by atoms with Gasteiger partial charge in [-0.3, -0.25) is 4.99 Å². The number of aliphatic hydroxyl groups is 1. The summed E-state index contributed by atoms with van der Waals surface area (Å²) in [6, 6.07) is 5.24. The quantitative estimate of drug-likeness (QED) is 0.831. The lowest BCUT2D eigenvalue weighted by molar-refractivity contribution is -0.176. The maximum Gasteiger partial charge on any atom is 0.245 e. The molecule has 1 N–H and O–H groups in total. The molecule has 0 spiro atoms. The molecule has 1 aromatic rings. The molecule has 7 heteroatoms. The molecular weight excluding hydrogens is 316 g/mol. The Morgan fingerprint density at radius 2 is 2.13 bits per heavy atom. The molecule has 6 nitrogen and oxygen atoms in total. The summed E-state index contributed by atoms with van der Waals surface area (Å²) < 4.78 is 32.6. The van der Waals surface area contributed by atoms with E-state index in [4.69, 9.17) is 4.74 Å². The highest BCUT2D eigenvalue weighted by Crippen LogP contribution is 2.44. The van der Waals surface area contributed by atoms with E-state index < -0.39 is 21.9 Å². The number of hydrogen-bond donors (Lipinski definition) is 1. The summed E-state index contributed by atoms with van der Waals surface area (Å²) in [4.78, 5) is 4.51. The molecule has 1 saturated carbocycles. The second-order valence-corrected chi connectivity index (χ2v) is 8.07. The molecule has 1 fully saturated rings. The number of fused-ring (bicyclic) bond motifs is 1. The first kappa shape index (κ1) is 16.6. The van der Waals surface area contributed by atoms with Crippen molar-refractivity contribution in [3.05, 3.63) is 23.8 Å². The van der Waals surface area contributed by atoms with Gasteiger partial charge in [-0.15, -0.1) is 0 Å². The smallest absolute Gasteiger partial charge is 0.245 e. The predicted molar refractivity (Wildman–Crippen MR) is 87.5 cm³/mol. The van der Waals surface area contributed by atoms with Crippen LogP contribution < -0.4 is 0 Å². The standard InChI is InChI=1S/C16H22N2O4S/c1-18(16(9-5-10-16)15(19)22-2)23(20,21)13-8-3-6-12-7-4-11-17-14(12)13/h3,6,8,11,15,19H,4-5,7,9-10H2,1-2H3. The van der Waals surface area contributed by atoms with Crippen LogP contribution >= 0.6 is 0 Å². The van der Waals surface area contributed by atoms with Crippen LogP contribution in [-0.4, -0.2) is 50.0 Å². The molecule has 1 aromatic carbocycles. The van der Waals surface area contributed by atoms with E-state index in [1.54, 1.807) is 18.3 Å². The summed E-state index contributed by atoms with van der Waals surface area (Å²) in [5.41, 5.74) is 0.568. The van der Waals surface area contributed by atoms with Gasteiger partial charge in [0.25, 0.3) is 0 Å². The van der Waals surface area contributed by atoms with Crippen LogP contribution in [0.4, 0.5) is 5.69 Å². The third-order valence-electron chi connectivity index (χ3n) is 5.01. The minimum absolute atomic E-state index is 0.197. The van der Waals surface area contributed by atoms with Gasteiger partial charge < -0.3 is 9.84 Å². The van der Waals surface area contributed by atoms with Crippen molar-refractivity contribution in [2.45, 2.75) is 48.8 Å². The summed E-state index contributed by atoms with van der Waals surface area (Å²) in [6.45, 7) is 0. The molecule has 2 aliphatic rings. The minimum Gasteiger partial charge on any atom is -0.366 e. The van der Waals surface area contributed by atoms with E-state index in [0.29, 0.717) is 18.5 Å². The maximum atomic E-state index is 13.1. The maximum absolute atomic E-state index is 13.1. The molecule has 0 amide bonds. The normalized spacial score (nSPS) is 20.9. The third kappa shape index (κ3) is 2.52. The Hall–Kier alpha value is -1.28. The van der Waals surface area contributed by atoms with E-state index in [1.807, 2.05) is 6.07 Å². The topological polar surface area (TPSA) is 79.2 Å². The number of methoxy groups -OCH3 is 1. The molecule has 0 aromatic heterocycles. The van der Waals surface area contributed by atoms with Crippen molar-refractivity contribution in [1.29, 1.82) is 0 Å². The van der Waals surface area contributed by atoms with Crippen LogP contribution in [0.5, 0.6) is 0 Å². The molecule has 1 aliphatic heterocycles. The Morgan fingerprint density at radius 1 is 1.39 bits per heavy atom. The fourth-order valence-electron chi connectivity index (χ4n) is 3.36. The number of ether oxygens (including phenoxy) is 1. The van der Waals surface area contributed by atoms with Crippen molar-refractivity contribution >= 4 is 21.9 Å². The number of sulfonamides is 1. The Morgan fingerprint density at radius 3 is 2.74 bits per heavy atom. The first-order chi connectivity index (χ1) is 10.9. The van der Waals surface area contributed by atoms with Gasteiger partial charge in [-0.1, -0.05) is 12.1 Å². The van der Waals surface area contributed by atoms with Crippen molar-refractivity contribution < 1.29 is 18.3 Å². The number of aliphatic imine (C=N–C) groups is 1. The summed E-state index contributed by atoms with van der Waals surface area (Å²) in [5, 5.41) is 10.2. The summed E-state index contributed by atoms with van der Waals surface area (Å²) in [7, 11) is -0.869. The summed E-state index contributed by atoms with van der Waals surface area (Å²) >= 11 is 0. The Balaban J connectivity index is 2.04. The minimum atomic E-state index is -3.77. The second-order valence-electron chi connectivity index (χ2n) is 6.13. The number of para-hydroxylation sites is 1. The van der Waals surface area contributed by atoms with Crippen LogP contribution in [0.2, 0.25) is 0 Å². The van der Waals surface area contributed by atoms with Crippen LogP contribution in [0.15, 0.2) is 28.1 Å². The van der Waals surface area contributed by atoms with Crippen molar-refractivity contribution in [1.82, 2.24) is 4.31 Å². The third-order valence-corrected chi connectivity index (χ3v) is 6.98. The Kier molecular flexibility index (Phi) is 4.31. The van der Waals surface area contributed by atoms with Gasteiger partial charge in [0.15, 0.2) is 6.29 Å². The lowest BCUT2D eigenvalue weighted by atomic mass is 9.76. The predicted octanol–water partition coefficient (Wildman–Crippen LogP) is 1.84. The van der Waals surface area contributed by atoms with E-state index in [9.17, 15) is 13.5 Å². The molecule has 1 heterocycles. The molecule has 1 atom stereocenters. The van der Waals surface area contributed by atoms with Gasteiger partial charge in [0.1, 0.15) is 4.90 Å². The first-order valence-corrected chi connectivity index (χ1v) is 9.22. The van der Waals surface area contributed by atoms with E-state index in [-0.39, 0.29) is 4.90 Å². The van der Waals surface area contributed by atoms with Gasteiger partial charge >= 0.3 is 0 Å². The van der Waals surface area contributed by atoms with Crippen molar-refractivity contribution in [2.75, 3.05) is 14.2 Å². The van der Waals surface area contributed by atoms with Crippen LogP contribution in [0.1, 0.15) is 31.2 Å². The van der Waals surface area contributed by atoms with Crippen molar-refractivity contribution in [2.24, 2.45) is 4.99 Å². The number of benzene rings is 1. The van der Waals surface area contributed by atoms with E-state index in [0.717, 1.165) is 24.8 Å². The van der Waals surface area contributed by atoms with Crippen molar-refractivity contribution in [3.8, 4) is 0 Å². The molecular formula is C16H22N2O4S. The molecule has 1 aliphatic carbocycles. The molecule has 0 saturated heterocycles. The van der Waals surface area contributed by atoms with Gasteiger partial charge in [0, 0.05) is 20.4 Å². The number of hydrogen-bond acceptors (Lipinski definition) is 5. The number of rotatable bonds is 5. The average Bonchev–Trinajstić information content (AvgIpc) is 2.52. The fraction of sp³-hybridized carbons (Fsp3) is 0.562. The highest BCUT2D eigenvalue weighted by atomic mass is 32.2. The van der Waals surface area contributed by atoms with Gasteiger partial charge in [-0.25, -0.2) is 8.42 Å². The number of aliphatic hydroxyl groups excluding tert-OH is 1. The van der Waals surface area contributed by atoms with E-state index >= 15 is 0 Å². The van der Waals surface area contributed by atoms with Gasteiger partial charge in [-0.05, 0) is 43.7 Å². The number of likely N-dealkylation sites (N-methyl/N-ethyl adjacent to an activating group) is 1. The first-order valence-electron chi connectivity index (χ1n) is 7.78. The molecule has 0 bridgehead atoms. The van der Waals surface area contributed by atoms with E-state index in [1.165, 1.54) is 18.5 Å². The monoisotopic (exact) mass is 338 g/mol. The highest BCUT2D eigenvalue weighted by Gasteiger charge is 2.52. The largest absolute Gasteiger partial charge is 0.366 e. The fourth-order valence-corrected chi connectivity index (χ4v) is 5.09. The Labute approximate surface area is 136 Å². The summed E-state index contributed by atoms with van der Waals surface area (Å²) in [5.74, 6) is 0. The zero-order chi connectivity index (χ0) is 16.7. The van der Waals surface area contributed by atoms with Gasteiger partial charge in [-0.2, -0.15) is 4.31 Å². The average molecular weight is 338 g/mol. The molecule has 126 valence electrons. The van der Waals surface area contributed by atoms with Crippen LogP contribution in [-0.2, 0) is 21.2 Å². The van der Waals surface area contributed by atoms with Gasteiger partial charge in [0.05, 0.1) is 11.2 Å². The van der Waals surface area contributed by atoms with Gasteiger partial charge in [0.2, 0.25) is 10.0 Å². The lowest BCUT2D eigenvalue weighted by Gasteiger charge is -2.49. The molecule has 0 radical (unpaired) electrons. The number of aryl methyl sites for hydroxylation is 1. The highest BCUT2D eigenvalue weighted by molar-refractivity contribution is 7.89. The second kappa shape index (κ2) is 5.98. The molecule has 1 unspecified atom stereocenters. The number of nitrogens with zero attached hydrogens (tertiary/aromatic N) is 2. The van der Waals surface area contributed by atoms with Crippen LogP contribution in [0, 0.1) is 0 Å².